The molecule has 5 heterocycles. The van der Waals surface area contributed by atoms with Crippen LogP contribution in [0, 0.1) is 0 Å². The quantitative estimate of drug-likeness (QED) is 0.190. The summed E-state index contributed by atoms with van der Waals surface area (Å²) in [4.78, 5) is 41.9. The molecule has 7 atom stereocenters. The Morgan fingerprint density at radius 3 is 2.58 bits per heavy atom. The summed E-state index contributed by atoms with van der Waals surface area (Å²) in [6.45, 7) is 0.476. The maximum absolute atomic E-state index is 13.1. The molecule has 206 valence electrons. The fourth-order valence-corrected chi connectivity index (χ4v) is 5.57. The Bertz CT molecular complexity index is 1490. The van der Waals surface area contributed by atoms with Crippen LogP contribution >= 0.6 is 7.60 Å². The Kier molecular flexibility index (Phi) is 7.03. The van der Waals surface area contributed by atoms with Crippen molar-refractivity contribution in [3.05, 3.63) is 33.5 Å². The van der Waals surface area contributed by atoms with Crippen LogP contribution in [0.25, 0.3) is 11.2 Å². The van der Waals surface area contributed by atoms with E-state index in [9.17, 15) is 24.4 Å². The maximum atomic E-state index is 13.1. The Morgan fingerprint density at radius 2 is 1.84 bits per heavy atom. The van der Waals surface area contributed by atoms with Crippen LogP contribution in [0.2, 0.25) is 0 Å². The topological polar surface area (TPSA) is 258 Å². The van der Waals surface area contributed by atoms with Gasteiger partial charge in [0.25, 0.3) is 5.56 Å². The molecule has 0 aliphatic carbocycles. The lowest BCUT2D eigenvalue weighted by atomic mass is 10.2. The second-order valence-corrected chi connectivity index (χ2v) is 10.9. The largest absolute Gasteiger partial charge is 0.394 e. The Labute approximate surface area is 213 Å². The molecule has 19 heteroatoms. The van der Waals surface area contributed by atoms with E-state index < -0.39 is 62.3 Å². The number of aliphatic hydroxyl groups excluding tert-OH is 2. The minimum absolute atomic E-state index is 0.0427. The van der Waals surface area contributed by atoms with Crippen LogP contribution in [-0.2, 0) is 23.1 Å². The molecule has 7 N–H and O–H groups in total. The van der Waals surface area contributed by atoms with Gasteiger partial charge in [0, 0.05) is 19.5 Å². The normalized spacial score (nSPS) is 29.1. The number of nitrogen functional groups attached to an aromatic ring is 2. The van der Waals surface area contributed by atoms with Gasteiger partial charge in [-0.2, -0.15) is 9.97 Å². The van der Waals surface area contributed by atoms with Gasteiger partial charge in [0.1, 0.15) is 31.0 Å². The summed E-state index contributed by atoms with van der Waals surface area (Å²) in [6, 6.07) is 0. The van der Waals surface area contributed by atoms with Crippen LogP contribution in [0.3, 0.4) is 0 Å². The molecule has 0 radical (unpaired) electrons. The number of nitrogens with two attached hydrogens (primary N) is 2. The molecular weight excluding hydrogens is 529 g/mol. The van der Waals surface area contributed by atoms with E-state index in [1.807, 2.05) is 0 Å². The molecule has 2 saturated heterocycles. The molecule has 0 spiro atoms. The van der Waals surface area contributed by atoms with Gasteiger partial charge in [-0.05, 0) is 0 Å². The SMILES string of the molecule is CP(=O)(OC[C@H]1O[C@@H](n2cnc(N)nc2=O)CC1O)OC1C[C@H](n2cnc3c(=O)[nH]c(N)nc32)O[C@@H]1CO. The van der Waals surface area contributed by atoms with Crippen molar-refractivity contribution in [3.8, 4) is 0 Å². The second-order valence-electron chi connectivity index (χ2n) is 8.87. The summed E-state index contributed by atoms with van der Waals surface area (Å²) in [6.07, 6.45) is -2.63. The third kappa shape index (κ3) is 5.19. The van der Waals surface area contributed by atoms with Crippen molar-refractivity contribution in [2.24, 2.45) is 0 Å². The van der Waals surface area contributed by atoms with Crippen molar-refractivity contribution < 1.29 is 33.3 Å². The number of nitrogens with one attached hydrogen (secondary N) is 1. The van der Waals surface area contributed by atoms with E-state index >= 15 is 0 Å². The second kappa shape index (κ2) is 10.1. The van der Waals surface area contributed by atoms with E-state index in [2.05, 4.69) is 24.9 Å². The maximum Gasteiger partial charge on any atom is 0.354 e. The Hall–Kier alpha value is -3.25. The highest BCUT2D eigenvalue weighted by atomic mass is 31.2. The van der Waals surface area contributed by atoms with Crippen LogP contribution in [0.4, 0.5) is 11.9 Å². The number of hydrogen-bond donors (Lipinski definition) is 5. The molecule has 0 amide bonds. The first-order valence-electron chi connectivity index (χ1n) is 11.5. The van der Waals surface area contributed by atoms with Gasteiger partial charge in [0.05, 0.1) is 31.7 Å². The minimum Gasteiger partial charge on any atom is -0.394 e. The Balaban J connectivity index is 1.23. The fraction of sp³-hybridized carbons (Fsp3) is 0.579. The Morgan fingerprint density at radius 1 is 1.13 bits per heavy atom. The number of rotatable bonds is 8. The molecule has 38 heavy (non-hydrogen) atoms. The molecule has 2 aliphatic rings. The number of imidazole rings is 1. The van der Waals surface area contributed by atoms with Gasteiger partial charge in [0.15, 0.2) is 11.2 Å². The highest BCUT2D eigenvalue weighted by Gasteiger charge is 2.42. The van der Waals surface area contributed by atoms with Crippen molar-refractivity contribution in [3.63, 3.8) is 0 Å². The lowest BCUT2D eigenvalue weighted by Gasteiger charge is -2.23. The number of ether oxygens (including phenoxy) is 2. The molecule has 3 aromatic heterocycles. The minimum atomic E-state index is -3.75. The predicted octanol–water partition coefficient (Wildman–Crippen LogP) is -1.91. The van der Waals surface area contributed by atoms with E-state index in [0.29, 0.717) is 0 Å². The van der Waals surface area contributed by atoms with Crippen molar-refractivity contribution in [2.45, 2.75) is 49.7 Å². The van der Waals surface area contributed by atoms with Gasteiger partial charge >= 0.3 is 13.3 Å². The third-order valence-electron chi connectivity index (χ3n) is 6.18. The number of aliphatic hydroxyl groups is 2. The monoisotopic (exact) mass is 555 g/mol. The zero-order valence-corrected chi connectivity index (χ0v) is 20.9. The third-order valence-corrected chi connectivity index (χ3v) is 7.45. The summed E-state index contributed by atoms with van der Waals surface area (Å²) >= 11 is 0. The van der Waals surface area contributed by atoms with Crippen LogP contribution in [-0.4, -0.2) is 88.6 Å². The summed E-state index contributed by atoms with van der Waals surface area (Å²) in [7, 11) is -3.75. The van der Waals surface area contributed by atoms with Gasteiger partial charge in [-0.25, -0.2) is 14.8 Å². The first kappa shape index (κ1) is 26.4. The average Bonchev–Trinajstić information content (AvgIpc) is 3.54. The van der Waals surface area contributed by atoms with Gasteiger partial charge in [-0.1, -0.05) is 0 Å². The van der Waals surface area contributed by atoms with E-state index in [0.717, 1.165) is 10.9 Å². The molecule has 0 saturated carbocycles. The van der Waals surface area contributed by atoms with Gasteiger partial charge in [-0.3, -0.25) is 23.5 Å². The highest BCUT2D eigenvalue weighted by molar-refractivity contribution is 7.53. The number of aromatic amines is 1. The molecule has 2 fully saturated rings. The van der Waals surface area contributed by atoms with Crippen LogP contribution in [0.15, 0.2) is 22.2 Å². The lowest BCUT2D eigenvalue weighted by molar-refractivity contribution is -0.0512. The molecule has 18 nitrogen and oxygen atoms in total. The van der Waals surface area contributed by atoms with Crippen molar-refractivity contribution >= 4 is 30.7 Å². The fourth-order valence-electron chi connectivity index (χ4n) is 4.37. The molecule has 3 aromatic rings. The number of hydrogen-bond acceptors (Lipinski definition) is 15. The van der Waals surface area contributed by atoms with Gasteiger partial charge in [-0.15, -0.1) is 0 Å². The van der Waals surface area contributed by atoms with Crippen LogP contribution in [0.5, 0.6) is 0 Å². The van der Waals surface area contributed by atoms with Crippen LogP contribution in [0.1, 0.15) is 25.3 Å². The van der Waals surface area contributed by atoms with E-state index in [-0.39, 0.29) is 42.5 Å². The van der Waals surface area contributed by atoms with E-state index in [4.69, 9.17) is 30.0 Å². The first-order chi connectivity index (χ1) is 18.0. The molecule has 5 rings (SSSR count). The van der Waals surface area contributed by atoms with Crippen molar-refractivity contribution in [2.75, 3.05) is 31.3 Å². The number of anilines is 2. The number of fused-ring (bicyclic) bond motifs is 1. The lowest BCUT2D eigenvalue weighted by Crippen LogP contribution is -2.30. The highest BCUT2D eigenvalue weighted by Crippen LogP contribution is 2.49. The summed E-state index contributed by atoms with van der Waals surface area (Å²) in [5.41, 5.74) is 10.1. The van der Waals surface area contributed by atoms with Gasteiger partial charge < -0.3 is 40.2 Å². The predicted molar refractivity (Wildman–Crippen MR) is 128 cm³/mol. The first-order valence-corrected chi connectivity index (χ1v) is 13.5. The smallest absolute Gasteiger partial charge is 0.354 e. The molecule has 0 bridgehead atoms. The summed E-state index contributed by atoms with van der Waals surface area (Å²) < 4.78 is 38.4. The standard InChI is InChI=1S/C19H26N9O9P/c1-38(33,34-5-11-8(30)2-12(36-11)28-7-23-17(20)26-19(28)32)37-9-3-13(35-10(9)4-29)27-6-22-14-15(27)24-18(21)25-16(14)31/h6-13,29-30H,2-5H2,1H3,(H2,20,26,32)(H3,21,24,25,31)/t8?,9?,10-,11-,12-,13-,38?/m1/s1. The summed E-state index contributed by atoms with van der Waals surface area (Å²) in [5, 5.41) is 20.2. The van der Waals surface area contributed by atoms with Crippen molar-refractivity contribution in [1.82, 2.24) is 34.1 Å². The number of aromatic nitrogens is 7. The van der Waals surface area contributed by atoms with Crippen molar-refractivity contribution in [1.29, 1.82) is 0 Å². The van der Waals surface area contributed by atoms with E-state index in [1.165, 1.54) is 17.6 Å². The van der Waals surface area contributed by atoms with E-state index in [1.54, 1.807) is 0 Å². The molecule has 0 aromatic carbocycles. The zero-order chi connectivity index (χ0) is 27.2. The van der Waals surface area contributed by atoms with Gasteiger partial charge in [0.2, 0.25) is 11.9 Å². The zero-order valence-electron chi connectivity index (χ0n) is 20.0. The summed E-state index contributed by atoms with van der Waals surface area (Å²) in [5.74, 6) is -0.295. The molecular formula is C19H26N9O9P. The number of H-pyrrole nitrogens is 1. The van der Waals surface area contributed by atoms with Crippen LogP contribution < -0.4 is 22.7 Å². The average molecular weight is 555 g/mol. The number of nitrogens with zero attached hydrogens (tertiary/aromatic N) is 6. The molecule has 2 aliphatic heterocycles. The molecule has 3 unspecified atom stereocenters.